The molecule has 0 aromatic carbocycles. The first kappa shape index (κ1) is 16.0. The van der Waals surface area contributed by atoms with E-state index in [1.807, 2.05) is 20.8 Å². The summed E-state index contributed by atoms with van der Waals surface area (Å²) in [6.45, 7) is 7.13. The molecule has 2 rings (SSSR count). The maximum atomic E-state index is 12.1. The molecule has 6 nitrogen and oxygen atoms in total. The van der Waals surface area contributed by atoms with Gasteiger partial charge in [0.2, 0.25) is 5.91 Å². The fourth-order valence-corrected chi connectivity index (χ4v) is 3.52. The Bertz CT molecular complexity index is 498. The van der Waals surface area contributed by atoms with Crippen LogP contribution >= 0.6 is 0 Å². The van der Waals surface area contributed by atoms with Crippen LogP contribution in [0.15, 0.2) is 11.3 Å². The Labute approximate surface area is 124 Å². The second-order valence-electron chi connectivity index (χ2n) is 6.19. The molecule has 0 bridgehead atoms. The Morgan fingerprint density at radius 1 is 1.33 bits per heavy atom. The molecule has 2 unspecified atom stereocenters. The number of aliphatic carboxylic acids is 1. The molecule has 0 saturated carbocycles. The van der Waals surface area contributed by atoms with Crippen molar-refractivity contribution in [2.24, 2.45) is 17.8 Å². The zero-order valence-electron chi connectivity index (χ0n) is 12.8. The minimum absolute atomic E-state index is 0.0874. The molecule has 6 heteroatoms. The average Bonchev–Trinajstić information content (AvgIpc) is 2.66. The summed E-state index contributed by atoms with van der Waals surface area (Å²) >= 11 is 0. The van der Waals surface area contributed by atoms with Gasteiger partial charge in [-0.2, -0.15) is 0 Å². The summed E-state index contributed by atoms with van der Waals surface area (Å²) < 4.78 is 0. The van der Waals surface area contributed by atoms with Crippen LogP contribution in [0, 0.1) is 17.8 Å². The van der Waals surface area contributed by atoms with Gasteiger partial charge in [0, 0.05) is 5.92 Å². The number of aliphatic hydroxyl groups excluding tert-OH is 2. The monoisotopic (exact) mass is 297 g/mol. The summed E-state index contributed by atoms with van der Waals surface area (Å²) in [6, 6.07) is -0.364. The predicted molar refractivity (Wildman–Crippen MR) is 75.1 cm³/mol. The molecule has 2 heterocycles. The van der Waals surface area contributed by atoms with E-state index in [4.69, 9.17) is 0 Å². The number of carbonyl (C=O) groups is 2. The maximum Gasteiger partial charge on any atom is 0.352 e. The molecule has 1 saturated heterocycles. The van der Waals surface area contributed by atoms with Crippen LogP contribution in [-0.2, 0) is 9.59 Å². The summed E-state index contributed by atoms with van der Waals surface area (Å²) in [5.74, 6) is -2.51. The van der Waals surface area contributed by atoms with Crippen LogP contribution < -0.4 is 0 Å². The number of β-lactam (4-membered cyclic amide) rings is 1. The molecule has 6 atom stereocenters. The van der Waals surface area contributed by atoms with E-state index in [0.717, 1.165) is 0 Å². The molecular weight excluding hydrogens is 274 g/mol. The van der Waals surface area contributed by atoms with Gasteiger partial charge in [0.15, 0.2) is 0 Å². The minimum atomic E-state index is -1.20. The Kier molecular flexibility index (Phi) is 4.13. The largest absolute Gasteiger partial charge is 0.477 e. The van der Waals surface area contributed by atoms with Gasteiger partial charge in [0.05, 0.1) is 24.2 Å². The van der Waals surface area contributed by atoms with E-state index in [2.05, 4.69) is 0 Å². The van der Waals surface area contributed by atoms with Crippen LogP contribution in [0.1, 0.15) is 34.1 Å². The fourth-order valence-electron chi connectivity index (χ4n) is 3.52. The smallest absolute Gasteiger partial charge is 0.352 e. The van der Waals surface area contributed by atoms with Gasteiger partial charge in [-0.15, -0.1) is 0 Å². The molecular formula is C15H23NO5. The molecule has 0 radical (unpaired) electrons. The van der Waals surface area contributed by atoms with Crippen LogP contribution in [0.25, 0.3) is 0 Å². The maximum absolute atomic E-state index is 12.1. The normalized spacial score (nSPS) is 32.6. The summed E-state index contributed by atoms with van der Waals surface area (Å²) in [4.78, 5) is 24.9. The first-order valence-corrected chi connectivity index (χ1v) is 7.40. The first-order chi connectivity index (χ1) is 9.73. The molecule has 0 aromatic rings. The predicted octanol–water partition coefficient (Wildman–Crippen LogP) is 0.590. The topological polar surface area (TPSA) is 98.1 Å². The van der Waals surface area contributed by atoms with E-state index in [1.54, 1.807) is 0 Å². The molecule has 2 aliphatic rings. The van der Waals surface area contributed by atoms with E-state index in [-0.39, 0.29) is 29.5 Å². The fraction of sp³-hybridized carbons (Fsp3) is 0.733. The van der Waals surface area contributed by atoms with Crippen molar-refractivity contribution in [3.63, 3.8) is 0 Å². The first-order valence-electron chi connectivity index (χ1n) is 7.40. The lowest BCUT2D eigenvalue weighted by atomic mass is 9.76. The third-order valence-corrected chi connectivity index (χ3v) is 4.93. The van der Waals surface area contributed by atoms with E-state index in [1.165, 1.54) is 11.8 Å². The number of hydrogen-bond donors (Lipinski definition) is 3. The van der Waals surface area contributed by atoms with Crippen molar-refractivity contribution >= 4 is 11.9 Å². The minimum Gasteiger partial charge on any atom is -0.477 e. The standard InChI is InChI=1S/C15H23NO5/c1-5-6(2)13(18)9-7(3)11-10(8(4)17)14(19)16(11)12(9)15(20)21/h6-8,10-11,13,17-18H,5H2,1-4H3,(H,20,21)/t6?,7-,8+,10+,11?,13+/m0/s1. The molecule has 1 fully saturated rings. The lowest BCUT2D eigenvalue weighted by Crippen LogP contribution is -2.63. The highest BCUT2D eigenvalue weighted by molar-refractivity contribution is 6.00. The number of hydrogen-bond acceptors (Lipinski definition) is 4. The van der Waals surface area contributed by atoms with Crippen molar-refractivity contribution in [1.82, 2.24) is 4.90 Å². The Morgan fingerprint density at radius 2 is 1.90 bits per heavy atom. The lowest BCUT2D eigenvalue weighted by Gasteiger charge is -2.46. The Morgan fingerprint density at radius 3 is 2.33 bits per heavy atom. The highest BCUT2D eigenvalue weighted by atomic mass is 16.4. The van der Waals surface area contributed by atoms with Crippen molar-refractivity contribution in [2.75, 3.05) is 0 Å². The van der Waals surface area contributed by atoms with Crippen molar-refractivity contribution in [2.45, 2.75) is 52.4 Å². The summed E-state index contributed by atoms with van der Waals surface area (Å²) in [6.07, 6.45) is -0.997. The second-order valence-corrected chi connectivity index (χ2v) is 6.19. The highest BCUT2D eigenvalue weighted by Gasteiger charge is 2.60. The third-order valence-electron chi connectivity index (χ3n) is 4.93. The molecule has 1 amide bonds. The number of fused-ring (bicyclic) bond motifs is 1. The summed E-state index contributed by atoms with van der Waals surface area (Å²) in [7, 11) is 0. The van der Waals surface area contributed by atoms with Crippen LogP contribution in [0.3, 0.4) is 0 Å². The Balaban J connectivity index is 2.43. The van der Waals surface area contributed by atoms with Gasteiger partial charge >= 0.3 is 5.97 Å². The van der Waals surface area contributed by atoms with Crippen LogP contribution in [-0.4, -0.2) is 50.3 Å². The van der Waals surface area contributed by atoms with Gasteiger partial charge < -0.3 is 20.2 Å². The van der Waals surface area contributed by atoms with Crippen molar-refractivity contribution < 1.29 is 24.9 Å². The van der Waals surface area contributed by atoms with Crippen molar-refractivity contribution in [1.29, 1.82) is 0 Å². The number of amides is 1. The van der Waals surface area contributed by atoms with Gasteiger partial charge in [-0.25, -0.2) is 4.79 Å². The highest BCUT2D eigenvalue weighted by Crippen LogP contribution is 2.48. The van der Waals surface area contributed by atoms with Crippen LogP contribution in [0.4, 0.5) is 0 Å². The number of nitrogens with zero attached hydrogens (tertiary/aromatic N) is 1. The molecule has 21 heavy (non-hydrogen) atoms. The SMILES string of the molecule is CCC(C)[C@@H](O)C1=C(C(=O)O)N2C(=O)[C@H]([C@@H](C)O)C2[C@H]1C. The summed E-state index contributed by atoms with van der Waals surface area (Å²) in [5.41, 5.74) is 0.320. The molecule has 0 spiro atoms. The van der Waals surface area contributed by atoms with E-state index in [0.29, 0.717) is 12.0 Å². The van der Waals surface area contributed by atoms with Crippen molar-refractivity contribution in [3.05, 3.63) is 11.3 Å². The average molecular weight is 297 g/mol. The molecule has 118 valence electrons. The number of carbonyl (C=O) groups excluding carboxylic acids is 1. The molecule has 0 aliphatic carbocycles. The zero-order chi connectivity index (χ0) is 16.1. The number of carboxylic acid groups (broad SMARTS) is 1. The number of carboxylic acids is 1. The van der Waals surface area contributed by atoms with E-state index in [9.17, 15) is 24.9 Å². The number of aliphatic hydroxyl groups is 2. The van der Waals surface area contributed by atoms with Gasteiger partial charge in [0.25, 0.3) is 0 Å². The van der Waals surface area contributed by atoms with Gasteiger partial charge in [0.1, 0.15) is 5.70 Å². The van der Waals surface area contributed by atoms with Crippen LogP contribution in [0.5, 0.6) is 0 Å². The van der Waals surface area contributed by atoms with E-state index >= 15 is 0 Å². The molecule has 0 aromatic heterocycles. The summed E-state index contributed by atoms with van der Waals surface area (Å²) in [5, 5.41) is 29.6. The van der Waals surface area contributed by atoms with Gasteiger partial charge in [-0.05, 0) is 18.4 Å². The molecule has 2 aliphatic heterocycles. The van der Waals surface area contributed by atoms with Gasteiger partial charge in [-0.3, -0.25) is 4.79 Å². The van der Waals surface area contributed by atoms with Crippen LogP contribution in [0.2, 0.25) is 0 Å². The number of rotatable bonds is 5. The lowest BCUT2D eigenvalue weighted by molar-refractivity contribution is -0.163. The van der Waals surface area contributed by atoms with Crippen molar-refractivity contribution in [3.8, 4) is 0 Å². The van der Waals surface area contributed by atoms with Gasteiger partial charge in [-0.1, -0.05) is 27.2 Å². The third kappa shape index (κ3) is 2.17. The Hall–Kier alpha value is -1.40. The zero-order valence-corrected chi connectivity index (χ0v) is 12.8. The molecule has 3 N–H and O–H groups in total. The quantitative estimate of drug-likeness (QED) is 0.645. The van der Waals surface area contributed by atoms with E-state index < -0.39 is 24.1 Å². The second kappa shape index (κ2) is 5.42.